The van der Waals surface area contributed by atoms with Gasteiger partial charge in [-0.05, 0) is 37.1 Å². The van der Waals surface area contributed by atoms with E-state index in [1.54, 1.807) is 44.6 Å². The van der Waals surface area contributed by atoms with Crippen molar-refractivity contribution in [3.63, 3.8) is 0 Å². The minimum absolute atomic E-state index is 0.162. The van der Waals surface area contributed by atoms with E-state index in [4.69, 9.17) is 9.47 Å². The van der Waals surface area contributed by atoms with Gasteiger partial charge in [0.25, 0.3) is 11.5 Å². The van der Waals surface area contributed by atoms with Crippen molar-refractivity contribution in [2.75, 3.05) is 14.2 Å². The van der Waals surface area contributed by atoms with Gasteiger partial charge in [-0.25, -0.2) is 10.1 Å². The molecule has 0 aliphatic rings. The Hall–Kier alpha value is -3.68. The molecule has 8 nitrogen and oxygen atoms in total. The molecule has 0 aliphatic heterocycles. The number of carbonyl (C=O) groups excluding carboxylic acids is 1. The maximum Gasteiger partial charge on any atom is 0.292 e. The Labute approximate surface area is 180 Å². The SMILES string of the molecule is CCCn1nc(C(=O)N/N=C(\CC)c2ccc(OC)c(OC)c2)c2ccccc2c1=O. The van der Waals surface area contributed by atoms with Crippen LogP contribution < -0.4 is 20.5 Å². The fraction of sp³-hybridized carbons (Fsp3) is 0.304. The summed E-state index contributed by atoms with van der Waals surface area (Å²) in [5.74, 6) is 0.707. The summed E-state index contributed by atoms with van der Waals surface area (Å²) in [6, 6.07) is 12.4. The Bertz CT molecular complexity index is 1180. The van der Waals surface area contributed by atoms with Crippen LogP contribution in [0.4, 0.5) is 0 Å². The third-order valence-corrected chi connectivity index (χ3v) is 4.86. The fourth-order valence-corrected chi connectivity index (χ4v) is 3.30. The molecule has 0 saturated carbocycles. The van der Waals surface area contributed by atoms with Crippen molar-refractivity contribution in [2.24, 2.45) is 5.10 Å². The van der Waals surface area contributed by atoms with Crippen LogP contribution >= 0.6 is 0 Å². The Morgan fingerprint density at radius 2 is 1.77 bits per heavy atom. The number of benzene rings is 2. The second-order valence-electron chi connectivity index (χ2n) is 6.85. The summed E-state index contributed by atoms with van der Waals surface area (Å²) >= 11 is 0. The standard InChI is InChI=1S/C23H26N4O4/c1-5-13-27-23(29)17-10-8-7-9-16(17)21(26-27)22(28)25-24-18(6-2)15-11-12-19(30-3)20(14-15)31-4/h7-12,14H,5-6,13H2,1-4H3,(H,25,28)/b24-18+. The molecule has 1 N–H and O–H groups in total. The predicted octanol–water partition coefficient (Wildman–Crippen LogP) is 3.37. The van der Waals surface area contributed by atoms with Crippen molar-refractivity contribution in [3.05, 3.63) is 64.1 Å². The monoisotopic (exact) mass is 422 g/mol. The number of nitrogens with zero attached hydrogens (tertiary/aromatic N) is 3. The van der Waals surface area contributed by atoms with Crippen molar-refractivity contribution in [1.82, 2.24) is 15.2 Å². The van der Waals surface area contributed by atoms with Crippen molar-refractivity contribution in [2.45, 2.75) is 33.2 Å². The van der Waals surface area contributed by atoms with E-state index in [1.807, 2.05) is 26.0 Å². The highest BCUT2D eigenvalue weighted by molar-refractivity contribution is 6.06. The Morgan fingerprint density at radius 3 is 2.42 bits per heavy atom. The highest BCUT2D eigenvalue weighted by Crippen LogP contribution is 2.28. The lowest BCUT2D eigenvalue weighted by Crippen LogP contribution is -2.29. The minimum Gasteiger partial charge on any atom is -0.493 e. The van der Waals surface area contributed by atoms with Gasteiger partial charge in [-0.15, -0.1) is 0 Å². The number of rotatable bonds is 8. The predicted molar refractivity (Wildman–Crippen MR) is 120 cm³/mol. The summed E-state index contributed by atoms with van der Waals surface area (Å²) in [7, 11) is 3.13. The van der Waals surface area contributed by atoms with Crippen LogP contribution in [0.25, 0.3) is 10.8 Å². The van der Waals surface area contributed by atoms with E-state index >= 15 is 0 Å². The van der Waals surface area contributed by atoms with E-state index in [1.165, 1.54) is 4.68 Å². The van der Waals surface area contributed by atoms with Gasteiger partial charge in [-0.3, -0.25) is 9.59 Å². The molecule has 1 heterocycles. The first-order valence-corrected chi connectivity index (χ1v) is 10.1. The number of aromatic nitrogens is 2. The molecular formula is C23H26N4O4. The zero-order chi connectivity index (χ0) is 22.4. The molecular weight excluding hydrogens is 396 g/mol. The van der Waals surface area contributed by atoms with Gasteiger partial charge in [-0.2, -0.15) is 10.2 Å². The summed E-state index contributed by atoms with van der Waals surface area (Å²) in [5.41, 5.74) is 4.01. The lowest BCUT2D eigenvalue weighted by Gasteiger charge is -2.11. The smallest absolute Gasteiger partial charge is 0.292 e. The number of hydrogen-bond acceptors (Lipinski definition) is 6. The molecule has 0 spiro atoms. The van der Waals surface area contributed by atoms with Gasteiger partial charge < -0.3 is 9.47 Å². The second kappa shape index (κ2) is 9.88. The van der Waals surface area contributed by atoms with E-state index in [9.17, 15) is 9.59 Å². The van der Waals surface area contributed by atoms with Gasteiger partial charge >= 0.3 is 0 Å². The second-order valence-corrected chi connectivity index (χ2v) is 6.85. The molecule has 0 unspecified atom stereocenters. The molecule has 31 heavy (non-hydrogen) atoms. The maximum absolute atomic E-state index is 13.0. The number of nitrogens with one attached hydrogen (secondary N) is 1. The average Bonchev–Trinajstić information content (AvgIpc) is 2.81. The lowest BCUT2D eigenvalue weighted by molar-refractivity contribution is 0.0949. The van der Waals surface area contributed by atoms with Crippen LogP contribution in [0.1, 0.15) is 42.7 Å². The zero-order valence-corrected chi connectivity index (χ0v) is 18.1. The topological polar surface area (TPSA) is 94.8 Å². The van der Waals surface area contributed by atoms with Crippen LogP contribution in [0.5, 0.6) is 11.5 Å². The Balaban J connectivity index is 1.97. The third-order valence-electron chi connectivity index (χ3n) is 4.86. The molecule has 0 fully saturated rings. The number of methoxy groups -OCH3 is 2. The first-order valence-electron chi connectivity index (χ1n) is 10.1. The zero-order valence-electron chi connectivity index (χ0n) is 18.1. The van der Waals surface area contributed by atoms with E-state index in [-0.39, 0.29) is 11.3 Å². The van der Waals surface area contributed by atoms with Gasteiger partial charge in [0.05, 0.1) is 25.3 Å². The fourth-order valence-electron chi connectivity index (χ4n) is 3.30. The number of aryl methyl sites for hydroxylation is 1. The molecule has 8 heteroatoms. The summed E-state index contributed by atoms with van der Waals surface area (Å²) in [5, 5.41) is 9.57. The Kier molecular flexibility index (Phi) is 7.02. The first kappa shape index (κ1) is 22.0. The van der Waals surface area contributed by atoms with Gasteiger partial charge in [-0.1, -0.05) is 32.0 Å². The van der Waals surface area contributed by atoms with Gasteiger partial charge in [0.15, 0.2) is 17.2 Å². The molecule has 3 rings (SSSR count). The molecule has 162 valence electrons. The van der Waals surface area contributed by atoms with Gasteiger partial charge in [0, 0.05) is 17.5 Å². The van der Waals surface area contributed by atoms with Gasteiger partial charge in [0.1, 0.15) is 0 Å². The van der Waals surface area contributed by atoms with Crippen LogP contribution in [-0.2, 0) is 6.54 Å². The number of fused-ring (bicyclic) bond motifs is 1. The molecule has 1 aromatic heterocycles. The van der Waals surface area contributed by atoms with Crippen LogP contribution in [0.15, 0.2) is 52.4 Å². The van der Waals surface area contributed by atoms with Crippen molar-refractivity contribution in [1.29, 1.82) is 0 Å². The number of hydrazone groups is 1. The average molecular weight is 422 g/mol. The number of carbonyl (C=O) groups is 1. The molecule has 0 radical (unpaired) electrons. The maximum atomic E-state index is 13.0. The summed E-state index contributed by atoms with van der Waals surface area (Å²) in [6.07, 6.45) is 1.31. The molecule has 1 amide bonds. The summed E-state index contributed by atoms with van der Waals surface area (Å²) < 4.78 is 12.0. The van der Waals surface area contributed by atoms with Crippen LogP contribution in [0, 0.1) is 0 Å². The van der Waals surface area contributed by atoms with Crippen molar-refractivity contribution in [3.8, 4) is 11.5 Å². The molecule has 0 aliphatic carbocycles. The normalized spacial score (nSPS) is 11.4. The van der Waals surface area contributed by atoms with E-state index in [0.29, 0.717) is 40.9 Å². The van der Waals surface area contributed by atoms with Crippen LogP contribution in [0.3, 0.4) is 0 Å². The van der Waals surface area contributed by atoms with Gasteiger partial charge in [0.2, 0.25) is 0 Å². The number of amides is 1. The van der Waals surface area contributed by atoms with E-state index < -0.39 is 5.91 Å². The minimum atomic E-state index is -0.479. The van der Waals surface area contributed by atoms with Crippen molar-refractivity contribution < 1.29 is 14.3 Å². The van der Waals surface area contributed by atoms with Crippen LogP contribution in [0.2, 0.25) is 0 Å². The molecule has 3 aromatic rings. The quantitative estimate of drug-likeness (QED) is 0.444. The van der Waals surface area contributed by atoms with E-state index in [0.717, 1.165) is 12.0 Å². The molecule has 2 aromatic carbocycles. The molecule has 0 saturated heterocycles. The third kappa shape index (κ3) is 4.58. The first-order chi connectivity index (χ1) is 15.0. The Morgan fingerprint density at radius 1 is 1.06 bits per heavy atom. The summed E-state index contributed by atoms with van der Waals surface area (Å²) in [4.78, 5) is 25.6. The molecule has 0 bridgehead atoms. The van der Waals surface area contributed by atoms with E-state index in [2.05, 4.69) is 15.6 Å². The highest BCUT2D eigenvalue weighted by Gasteiger charge is 2.17. The lowest BCUT2D eigenvalue weighted by atomic mass is 10.1. The largest absolute Gasteiger partial charge is 0.493 e. The number of hydrogen-bond donors (Lipinski definition) is 1. The van der Waals surface area contributed by atoms with Crippen LogP contribution in [-0.4, -0.2) is 35.6 Å². The molecule has 0 atom stereocenters. The van der Waals surface area contributed by atoms with Crippen molar-refractivity contribution >= 4 is 22.4 Å². The summed E-state index contributed by atoms with van der Waals surface area (Å²) in [6.45, 7) is 4.32. The number of ether oxygens (including phenoxy) is 2. The highest BCUT2D eigenvalue weighted by atomic mass is 16.5.